The Morgan fingerprint density at radius 3 is 2.40 bits per heavy atom. The second-order valence-corrected chi connectivity index (χ2v) is 6.72. The first-order chi connectivity index (χ1) is 14.5. The van der Waals surface area contributed by atoms with Gasteiger partial charge in [-0.05, 0) is 25.2 Å². The molecule has 8 nitrogen and oxygen atoms in total. The summed E-state index contributed by atoms with van der Waals surface area (Å²) in [5.74, 6) is 0.364. The van der Waals surface area contributed by atoms with E-state index in [2.05, 4.69) is 29.0 Å². The molecule has 1 N–H and O–H groups in total. The standard InChI is InChI=1S/C22H24N4O4/c1-4-25(5-2)14-15-12-19(17-8-6-7-9-18(17)22(15)27)24-23-16-10-11-20(26(28)29)21(13-16)30-3/h6-13,27H,4-5,14H2,1-3H3. The van der Waals surface area contributed by atoms with Crippen molar-refractivity contribution >= 4 is 27.8 Å². The van der Waals surface area contributed by atoms with Crippen molar-refractivity contribution in [3.05, 3.63) is 64.2 Å². The van der Waals surface area contributed by atoms with Gasteiger partial charge in [-0.2, -0.15) is 5.11 Å². The summed E-state index contributed by atoms with van der Waals surface area (Å²) in [6.07, 6.45) is 0. The van der Waals surface area contributed by atoms with Gasteiger partial charge in [-0.25, -0.2) is 0 Å². The second-order valence-electron chi connectivity index (χ2n) is 6.72. The molecule has 0 aliphatic carbocycles. The SMILES string of the molecule is CCN(CC)Cc1cc(N=Nc2ccc([N+](=O)[O-])c(OC)c2)c2ccccc2c1O. The van der Waals surface area contributed by atoms with E-state index in [0.29, 0.717) is 23.3 Å². The number of nitro groups is 1. The monoisotopic (exact) mass is 408 g/mol. The molecule has 0 unspecified atom stereocenters. The molecule has 0 heterocycles. The molecule has 0 saturated carbocycles. The average molecular weight is 408 g/mol. The number of azo groups is 1. The number of aromatic hydroxyl groups is 1. The minimum absolute atomic E-state index is 0.120. The van der Waals surface area contributed by atoms with Crippen LogP contribution in [-0.4, -0.2) is 35.1 Å². The number of benzene rings is 3. The fourth-order valence-corrected chi connectivity index (χ4v) is 3.28. The lowest BCUT2D eigenvalue weighted by Crippen LogP contribution is -2.22. The van der Waals surface area contributed by atoms with Crippen LogP contribution in [0.2, 0.25) is 0 Å². The number of rotatable bonds is 8. The molecule has 30 heavy (non-hydrogen) atoms. The van der Waals surface area contributed by atoms with Crippen LogP contribution in [0.15, 0.2) is 58.8 Å². The van der Waals surface area contributed by atoms with Gasteiger partial charge in [0.15, 0.2) is 5.75 Å². The van der Waals surface area contributed by atoms with Gasteiger partial charge in [-0.15, -0.1) is 5.11 Å². The first kappa shape index (κ1) is 21.2. The quantitative estimate of drug-likeness (QED) is 0.292. The molecule has 0 aromatic heterocycles. The van der Waals surface area contributed by atoms with Crippen LogP contribution in [0.25, 0.3) is 10.8 Å². The lowest BCUT2D eigenvalue weighted by Gasteiger charge is -2.19. The Balaban J connectivity index is 2.05. The average Bonchev–Trinajstić information content (AvgIpc) is 2.77. The zero-order valence-electron chi connectivity index (χ0n) is 17.2. The minimum Gasteiger partial charge on any atom is -0.507 e. The van der Waals surface area contributed by atoms with Crippen molar-refractivity contribution in [2.75, 3.05) is 20.2 Å². The lowest BCUT2D eigenvalue weighted by molar-refractivity contribution is -0.385. The molecule has 3 rings (SSSR count). The maximum absolute atomic E-state index is 11.1. The number of fused-ring (bicyclic) bond motifs is 1. The predicted molar refractivity (Wildman–Crippen MR) is 116 cm³/mol. The van der Waals surface area contributed by atoms with Gasteiger partial charge in [-0.3, -0.25) is 15.0 Å². The van der Waals surface area contributed by atoms with Crippen LogP contribution >= 0.6 is 0 Å². The predicted octanol–water partition coefficient (Wildman–Crippen LogP) is 5.72. The molecule has 0 radical (unpaired) electrons. The van der Waals surface area contributed by atoms with E-state index < -0.39 is 4.92 Å². The number of ether oxygens (including phenoxy) is 1. The van der Waals surface area contributed by atoms with Gasteiger partial charge in [0, 0.05) is 35.0 Å². The van der Waals surface area contributed by atoms with Crippen molar-refractivity contribution in [3.63, 3.8) is 0 Å². The molecule has 156 valence electrons. The molecule has 0 saturated heterocycles. The van der Waals surface area contributed by atoms with Gasteiger partial charge >= 0.3 is 5.69 Å². The highest BCUT2D eigenvalue weighted by Crippen LogP contribution is 2.38. The van der Waals surface area contributed by atoms with E-state index in [0.717, 1.165) is 24.0 Å². The highest BCUT2D eigenvalue weighted by molar-refractivity contribution is 5.97. The number of hydrogen-bond donors (Lipinski definition) is 1. The minimum atomic E-state index is -0.507. The summed E-state index contributed by atoms with van der Waals surface area (Å²) >= 11 is 0. The second kappa shape index (κ2) is 9.32. The van der Waals surface area contributed by atoms with Gasteiger partial charge in [0.2, 0.25) is 0 Å². The molecule has 0 atom stereocenters. The van der Waals surface area contributed by atoms with E-state index in [9.17, 15) is 15.2 Å². The maximum atomic E-state index is 11.1. The Morgan fingerprint density at radius 1 is 1.07 bits per heavy atom. The molecule has 0 aliphatic heterocycles. The molecule has 8 heteroatoms. The Labute approximate surface area is 174 Å². The summed E-state index contributed by atoms with van der Waals surface area (Å²) in [6.45, 7) is 6.47. The normalized spacial score (nSPS) is 11.5. The summed E-state index contributed by atoms with van der Waals surface area (Å²) < 4.78 is 5.09. The van der Waals surface area contributed by atoms with Gasteiger partial charge in [0.1, 0.15) is 5.75 Å². The summed E-state index contributed by atoms with van der Waals surface area (Å²) in [5.41, 5.74) is 1.68. The molecule has 0 bridgehead atoms. The molecule has 0 amide bonds. The maximum Gasteiger partial charge on any atom is 0.311 e. The topological polar surface area (TPSA) is 101 Å². The van der Waals surface area contributed by atoms with Crippen molar-refractivity contribution in [2.24, 2.45) is 10.2 Å². The Hall–Kier alpha value is -3.52. The number of nitrogens with zero attached hydrogens (tertiary/aromatic N) is 4. The largest absolute Gasteiger partial charge is 0.507 e. The number of phenolic OH excluding ortho intramolecular Hbond substituents is 1. The van der Waals surface area contributed by atoms with Gasteiger partial charge in [0.05, 0.1) is 23.4 Å². The molecule has 0 fully saturated rings. The number of hydrogen-bond acceptors (Lipinski definition) is 7. The van der Waals surface area contributed by atoms with Crippen molar-refractivity contribution in [1.82, 2.24) is 4.90 Å². The van der Waals surface area contributed by atoms with Crippen molar-refractivity contribution in [1.29, 1.82) is 0 Å². The van der Waals surface area contributed by atoms with E-state index in [1.807, 2.05) is 30.3 Å². The molecular formula is C22H24N4O4. The van der Waals surface area contributed by atoms with Crippen molar-refractivity contribution < 1.29 is 14.8 Å². The van der Waals surface area contributed by atoms with E-state index in [1.54, 1.807) is 0 Å². The zero-order valence-corrected chi connectivity index (χ0v) is 17.2. The fourth-order valence-electron chi connectivity index (χ4n) is 3.28. The lowest BCUT2D eigenvalue weighted by atomic mass is 10.0. The van der Waals surface area contributed by atoms with Crippen LogP contribution in [0.4, 0.5) is 17.1 Å². The van der Waals surface area contributed by atoms with E-state index >= 15 is 0 Å². The van der Waals surface area contributed by atoms with Crippen LogP contribution in [0.3, 0.4) is 0 Å². The zero-order chi connectivity index (χ0) is 21.7. The van der Waals surface area contributed by atoms with E-state index in [4.69, 9.17) is 4.74 Å². The molecule has 0 spiro atoms. The van der Waals surface area contributed by atoms with Crippen LogP contribution in [-0.2, 0) is 6.54 Å². The van der Waals surface area contributed by atoms with E-state index in [-0.39, 0.29) is 17.2 Å². The first-order valence-electron chi connectivity index (χ1n) is 9.68. The summed E-state index contributed by atoms with van der Waals surface area (Å²) in [5, 5.41) is 32.0. The van der Waals surface area contributed by atoms with Crippen LogP contribution in [0.1, 0.15) is 19.4 Å². The van der Waals surface area contributed by atoms with Crippen LogP contribution < -0.4 is 4.74 Å². The van der Waals surface area contributed by atoms with Crippen molar-refractivity contribution in [2.45, 2.75) is 20.4 Å². The summed E-state index contributed by atoms with van der Waals surface area (Å²) in [6, 6.07) is 13.6. The first-order valence-corrected chi connectivity index (χ1v) is 9.68. The fraction of sp³-hybridized carbons (Fsp3) is 0.273. The number of methoxy groups -OCH3 is 1. The Morgan fingerprint density at radius 2 is 1.77 bits per heavy atom. The highest BCUT2D eigenvalue weighted by atomic mass is 16.6. The molecule has 0 aliphatic rings. The van der Waals surface area contributed by atoms with Crippen LogP contribution in [0, 0.1) is 10.1 Å². The molecular weight excluding hydrogens is 384 g/mol. The summed E-state index contributed by atoms with van der Waals surface area (Å²) in [7, 11) is 1.37. The van der Waals surface area contributed by atoms with Gasteiger partial charge in [0.25, 0.3) is 0 Å². The Bertz CT molecular complexity index is 1090. The third-order valence-electron chi connectivity index (χ3n) is 4.99. The number of nitro benzene ring substituents is 1. The smallest absolute Gasteiger partial charge is 0.311 e. The number of phenols is 1. The van der Waals surface area contributed by atoms with Crippen LogP contribution in [0.5, 0.6) is 11.5 Å². The Kier molecular flexibility index (Phi) is 6.58. The summed E-state index contributed by atoms with van der Waals surface area (Å²) in [4.78, 5) is 12.8. The van der Waals surface area contributed by atoms with Gasteiger partial charge in [-0.1, -0.05) is 38.1 Å². The molecule has 3 aromatic rings. The van der Waals surface area contributed by atoms with Crippen molar-refractivity contribution in [3.8, 4) is 11.5 Å². The van der Waals surface area contributed by atoms with Gasteiger partial charge < -0.3 is 9.84 Å². The molecule has 3 aromatic carbocycles. The van der Waals surface area contributed by atoms with E-state index in [1.165, 1.54) is 25.3 Å². The third-order valence-corrected chi connectivity index (χ3v) is 4.99. The highest BCUT2D eigenvalue weighted by Gasteiger charge is 2.16. The third kappa shape index (κ3) is 4.38.